The van der Waals surface area contributed by atoms with Crippen LogP contribution in [-0.4, -0.2) is 24.0 Å². The van der Waals surface area contributed by atoms with E-state index >= 15 is 0 Å². The fourth-order valence-electron chi connectivity index (χ4n) is 4.31. The van der Waals surface area contributed by atoms with Crippen LogP contribution >= 0.6 is 0 Å². The van der Waals surface area contributed by atoms with E-state index in [1.807, 2.05) is 0 Å². The summed E-state index contributed by atoms with van der Waals surface area (Å²) in [7, 11) is 0. The lowest BCUT2D eigenvalue weighted by atomic mass is 10.0. The standard InChI is InChI=1S/C31H34N2/c1-5-13-27(14-6-1)21-22-32-24-31(23-28-15-7-2-8-16-28)33(25-29-17-9-3-10-18-29)26-30-19-11-4-12-20-30/h1-20,31-32H,21-26H2. The first-order chi connectivity index (χ1) is 16.4. The highest BCUT2D eigenvalue weighted by Gasteiger charge is 2.20. The van der Waals surface area contributed by atoms with E-state index in [2.05, 4.69) is 132 Å². The Morgan fingerprint density at radius 2 is 0.939 bits per heavy atom. The minimum absolute atomic E-state index is 0.392. The molecule has 4 aromatic carbocycles. The van der Waals surface area contributed by atoms with Gasteiger partial charge in [0.15, 0.2) is 0 Å². The number of nitrogens with zero attached hydrogens (tertiary/aromatic N) is 1. The van der Waals surface area contributed by atoms with Gasteiger partial charge in [-0.05, 0) is 41.6 Å². The van der Waals surface area contributed by atoms with E-state index in [1.165, 1.54) is 22.3 Å². The van der Waals surface area contributed by atoms with Gasteiger partial charge in [0.2, 0.25) is 0 Å². The van der Waals surface area contributed by atoms with Crippen LogP contribution in [0, 0.1) is 0 Å². The second-order valence-electron chi connectivity index (χ2n) is 8.66. The molecular formula is C31H34N2. The van der Waals surface area contributed by atoms with E-state index < -0.39 is 0 Å². The Hall–Kier alpha value is -3.20. The molecule has 4 rings (SSSR count). The molecule has 33 heavy (non-hydrogen) atoms. The fourth-order valence-corrected chi connectivity index (χ4v) is 4.31. The van der Waals surface area contributed by atoms with Crippen LogP contribution in [0.3, 0.4) is 0 Å². The maximum Gasteiger partial charge on any atom is 0.0268 e. The number of hydrogen-bond donors (Lipinski definition) is 1. The summed E-state index contributed by atoms with van der Waals surface area (Å²) in [6, 6.07) is 43.7. The summed E-state index contributed by atoms with van der Waals surface area (Å²) in [5, 5.41) is 3.76. The van der Waals surface area contributed by atoms with Crippen molar-refractivity contribution in [2.45, 2.75) is 32.0 Å². The van der Waals surface area contributed by atoms with Gasteiger partial charge < -0.3 is 5.32 Å². The van der Waals surface area contributed by atoms with Crippen molar-refractivity contribution in [1.82, 2.24) is 10.2 Å². The highest BCUT2D eigenvalue weighted by molar-refractivity contribution is 5.20. The lowest BCUT2D eigenvalue weighted by Gasteiger charge is -2.33. The van der Waals surface area contributed by atoms with Crippen molar-refractivity contribution < 1.29 is 0 Å². The SMILES string of the molecule is c1ccc(CCNCC(Cc2ccccc2)N(Cc2ccccc2)Cc2ccccc2)cc1. The lowest BCUT2D eigenvalue weighted by molar-refractivity contribution is 0.172. The normalized spacial score (nSPS) is 12.0. The van der Waals surface area contributed by atoms with Crippen LogP contribution in [0.1, 0.15) is 22.3 Å². The van der Waals surface area contributed by atoms with E-state index in [0.717, 1.165) is 39.0 Å². The molecule has 0 heterocycles. The van der Waals surface area contributed by atoms with Crippen LogP contribution in [-0.2, 0) is 25.9 Å². The van der Waals surface area contributed by atoms with Crippen molar-refractivity contribution in [3.63, 3.8) is 0 Å². The molecule has 0 radical (unpaired) electrons. The van der Waals surface area contributed by atoms with Gasteiger partial charge in [-0.25, -0.2) is 0 Å². The maximum atomic E-state index is 3.76. The molecule has 0 saturated carbocycles. The highest BCUT2D eigenvalue weighted by atomic mass is 15.2. The maximum absolute atomic E-state index is 3.76. The Bertz CT molecular complexity index is 992. The predicted molar refractivity (Wildman–Crippen MR) is 139 cm³/mol. The second kappa shape index (κ2) is 12.7. The van der Waals surface area contributed by atoms with Gasteiger partial charge in [0.1, 0.15) is 0 Å². The molecule has 0 aliphatic rings. The summed E-state index contributed by atoms with van der Waals surface area (Å²) in [5.74, 6) is 0. The van der Waals surface area contributed by atoms with Gasteiger partial charge in [0, 0.05) is 25.7 Å². The minimum atomic E-state index is 0.392. The predicted octanol–water partition coefficient (Wildman–Crippen LogP) is 6.13. The Balaban J connectivity index is 1.50. The smallest absolute Gasteiger partial charge is 0.0268 e. The summed E-state index contributed by atoms with van der Waals surface area (Å²) in [4.78, 5) is 2.63. The van der Waals surface area contributed by atoms with Crippen molar-refractivity contribution in [3.8, 4) is 0 Å². The molecule has 0 aromatic heterocycles. The van der Waals surface area contributed by atoms with Crippen molar-refractivity contribution in [2.24, 2.45) is 0 Å². The van der Waals surface area contributed by atoms with Crippen LogP contribution < -0.4 is 5.32 Å². The third kappa shape index (κ3) is 7.71. The topological polar surface area (TPSA) is 15.3 Å². The molecule has 0 spiro atoms. The van der Waals surface area contributed by atoms with Crippen molar-refractivity contribution in [3.05, 3.63) is 144 Å². The lowest BCUT2D eigenvalue weighted by Crippen LogP contribution is -2.43. The molecule has 0 bridgehead atoms. The minimum Gasteiger partial charge on any atom is -0.315 e. The number of hydrogen-bond acceptors (Lipinski definition) is 2. The van der Waals surface area contributed by atoms with Gasteiger partial charge in [-0.1, -0.05) is 121 Å². The summed E-state index contributed by atoms with van der Waals surface area (Å²) in [5.41, 5.74) is 5.49. The van der Waals surface area contributed by atoms with Gasteiger partial charge >= 0.3 is 0 Å². The van der Waals surface area contributed by atoms with Crippen molar-refractivity contribution in [2.75, 3.05) is 13.1 Å². The molecule has 0 fully saturated rings. The van der Waals surface area contributed by atoms with Crippen LogP contribution in [0.4, 0.5) is 0 Å². The molecule has 0 aliphatic carbocycles. The number of nitrogens with one attached hydrogen (secondary N) is 1. The van der Waals surface area contributed by atoms with Gasteiger partial charge in [0.25, 0.3) is 0 Å². The Labute approximate surface area is 198 Å². The first-order valence-corrected chi connectivity index (χ1v) is 12.0. The second-order valence-corrected chi connectivity index (χ2v) is 8.66. The summed E-state index contributed by atoms with van der Waals surface area (Å²) in [6.07, 6.45) is 2.08. The van der Waals surface area contributed by atoms with Crippen LogP contribution in [0.2, 0.25) is 0 Å². The molecule has 0 amide bonds. The van der Waals surface area contributed by atoms with E-state index in [4.69, 9.17) is 0 Å². The van der Waals surface area contributed by atoms with Gasteiger partial charge in [-0.3, -0.25) is 4.90 Å². The van der Waals surface area contributed by atoms with Crippen LogP contribution in [0.15, 0.2) is 121 Å². The van der Waals surface area contributed by atoms with Crippen LogP contribution in [0.25, 0.3) is 0 Å². The molecule has 0 aliphatic heterocycles. The first kappa shape index (κ1) is 23.0. The summed E-state index contributed by atoms with van der Waals surface area (Å²) in [6.45, 7) is 3.82. The molecule has 1 atom stereocenters. The quantitative estimate of drug-likeness (QED) is 0.270. The molecule has 1 unspecified atom stereocenters. The summed E-state index contributed by atoms with van der Waals surface area (Å²) < 4.78 is 0. The highest BCUT2D eigenvalue weighted by Crippen LogP contribution is 2.17. The zero-order chi connectivity index (χ0) is 22.6. The Kier molecular flexibility index (Phi) is 8.87. The molecule has 0 saturated heterocycles. The van der Waals surface area contributed by atoms with Crippen molar-refractivity contribution in [1.29, 1.82) is 0 Å². The van der Waals surface area contributed by atoms with Gasteiger partial charge in [0.05, 0.1) is 0 Å². The van der Waals surface area contributed by atoms with Crippen molar-refractivity contribution >= 4 is 0 Å². The number of benzene rings is 4. The van der Waals surface area contributed by atoms with E-state index in [9.17, 15) is 0 Å². The Morgan fingerprint density at radius 3 is 1.42 bits per heavy atom. The average molecular weight is 435 g/mol. The largest absolute Gasteiger partial charge is 0.315 e. The zero-order valence-corrected chi connectivity index (χ0v) is 19.3. The zero-order valence-electron chi connectivity index (χ0n) is 19.3. The first-order valence-electron chi connectivity index (χ1n) is 12.0. The molecule has 1 N–H and O–H groups in total. The molecular weight excluding hydrogens is 400 g/mol. The van der Waals surface area contributed by atoms with E-state index in [0.29, 0.717) is 6.04 Å². The molecule has 2 nitrogen and oxygen atoms in total. The molecule has 4 aromatic rings. The third-order valence-electron chi connectivity index (χ3n) is 6.10. The monoisotopic (exact) mass is 434 g/mol. The number of rotatable bonds is 12. The molecule has 2 heteroatoms. The third-order valence-corrected chi connectivity index (χ3v) is 6.10. The molecule has 168 valence electrons. The average Bonchev–Trinajstić information content (AvgIpc) is 2.88. The van der Waals surface area contributed by atoms with E-state index in [1.54, 1.807) is 0 Å². The Morgan fingerprint density at radius 1 is 0.515 bits per heavy atom. The van der Waals surface area contributed by atoms with Gasteiger partial charge in [-0.2, -0.15) is 0 Å². The fraction of sp³-hybridized carbons (Fsp3) is 0.226. The van der Waals surface area contributed by atoms with E-state index in [-0.39, 0.29) is 0 Å². The van der Waals surface area contributed by atoms with Crippen LogP contribution in [0.5, 0.6) is 0 Å². The van der Waals surface area contributed by atoms with Gasteiger partial charge in [-0.15, -0.1) is 0 Å². The summed E-state index contributed by atoms with van der Waals surface area (Å²) >= 11 is 0.